The highest BCUT2D eigenvalue weighted by molar-refractivity contribution is 7.89. The molecule has 1 aliphatic heterocycles. The van der Waals surface area contributed by atoms with E-state index in [1.807, 2.05) is 7.05 Å². The number of piperidine rings is 1. The number of nitrogens with zero attached hydrogens (tertiary/aromatic N) is 5. The first-order valence-corrected chi connectivity index (χ1v) is 12.5. The molecule has 0 aromatic carbocycles. The zero-order valence-corrected chi connectivity index (χ0v) is 20.5. The topological polar surface area (TPSA) is 131 Å². The van der Waals surface area contributed by atoms with Crippen molar-refractivity contribution in [3.63, 3.8) is 0 Å². The molecule has 12 heteroatoms. The number of ether oxygens (including phenoxy) is 1. The SMILES string of the molecule is CN1CCC(OC(=O)Nc2nc3ccc(-c4cncc(S(=O)(=O)NC(C)(C)C)c4)cn3n2)CC1. The van der Waals surface area contributed by atoms with Crippen molar-refractivity contribution in [2.75, 3.05) is 25.5 Å². The smallest absolute Gasteiger partial charge is 0.414 e. The summed E-state index contributed by atoms with van der Waals surface area (Å²) >= 11 is 0. The third kappa shape index (κ3) is 5.88. The Hall–Kier alpha value is -3.09. The second-order valence-electron chi connectivity index (χ2n) is 9.45. The molecular weight excluding hydrogens is 458 g/mol. The van der Waals surface area contributed by atoms with Gasteiger partial charge in [0, 0.05) is 48.3 Å². The van der Waals surface area contributed by atoms with E-state index in [9.17, 15) is 13.2 Å². The minimum atomic E-state index is -3.73. The van der Waals surface area contributed by atoms with E-state index in [1.165, 1.54) is 10.7 Å². The summed E-state index contributed by atoms with van der Waals surface area (Å²) in [6.07, 6.45) is 5.46. The van der Waals surface area contributed by atoms with E-state index in [0.717, 1.165) is 25.9 Å². The molecule has 4 heterocycles. The summed E-state index contributed by atoms with van der Waals surface area (Å²) in [6.45, 7) is 7.09. The number of fused-ring (bicyclic) bond motifs is 1. The minimum absolute atomic E-state index is 0.0672. The summed E-state index contributed by atoms with van der Waals surface area (Å²) < 4.78 is 35.0. The Balaban J connectivity index is 1.50. The number of sulfonamides is 1. The molecule has 0 bridgehead atoms. The molecule has 0 saturated carbocycles. The van der Waals surface area contributed by atoms with Crippen LogP contribution in [0.1, 0.15) is 33.6 Å². The van der Waals surface area contributed by atoms with Crippen LogP contribution in [-0.2, 0) is 14.8 Å². The van der Waals surface area contributed by atoms with E-state index in [-0.39, 0.29) is 16.9 Å². The molecule has 1 amide bonds. The summed E-state index contributed by atoms with van der Waals surface area (Å²) in [6, 6.07) is 5.07. The van der Waals surface area contributed by atoms with Crippen molar-refractivity contribution in [3.05, 3.63) is 36.8 Å². The quantitative estimate of drug-likeness (QED) is 0.561. The van der Waals surface area contributed by atoms with Crippen LogP contribution < -0.4 is 10.0 Å². The number of amides is 1. The lowest BCUT2D eigenvalue weighted by Crippen LogP contribution is -2.40. The molecule has 0 aliphatic carbocycles. The minimum Gasteiger partial charge on any atom is -0.446 e. The normalized spacial score (nSPS) is 16.0. The highest BCUT2D eigenvalue weighted by atomic mass is 32.2. The van der Waals surface area contributed by atoms with Crippen LogP contribution in [0.4, 0.5) is 10.7 Å². The first-order chi connectivity index (χ1) is 16.0. The average Bonchev–Trinajstić information content (AvgIpc) is 3.15. The van der Waals surface area contributed by atoms with Crippen molar-refractivity contribution in [2.45, 2.75) is 50.2 Å². The van der Waals surface area contributed by atoms with Gasteiger partial charge in [-0.2, -0.15) is 4.98 Å². The third-order valence-corrected chi connectivity index (χ3v) is 7.01. The van der Waals surface area contributed by atoms with Gasteiger partial charge < -0.3 is 9.64 Å². The Morgan fingerprint density at radius 1 is 1.15 bits per heavy atom. The molecule has 182 valence electrons. The molecule has 1 aliphatic rings. The van der Waals surface area contributed by atoms with Crippen LogP contribution in [0.3, 0.4) is 0 Å². The van der Waals surface area contributed by atoms with Gasteiger partial charge in [0.15, 0.2) is 5.65 Å². The summed E-state index contributed by atoms with van der Waals surface area (Å²) in [5, 5.41) is 6.88. The van der Waals surface area contributed by atoms with Crippen LogP contribution in [0, 0.1) is 0 Å². The fraction of sp³-hybridized carbons (Fsp3) is 0.455. The van der Waals surface area contributed by atoms with Crippen molar-refractivity contribution >= 4 is 27.7 Å². The zero-order chi connectivity index (χ0) is 24.5. The fourth-order valence-corrected chi connectivity index (χ4v) is 5.07. The van der Waals surface area contributed by atoms with Gasteiger partial charge in [-0.25, -0.2) is 22.4 Å². The molecule has 3 aromatic heterocycles. The molecule has 0 unspecified atom stereocenters. The number of likely N-dealkylation sites (tertiary alicyclic amines) is 1. The fourth-order valence-electron chi connectivity index (χ4n) is 3.67. The lowest BCUT2D eigenvalue weighted by Gasteiger charge is -2.28. The third-order valence-electron chi connectivity index (χ3n) is 5.28. The number of carbonyl (C=O) groups is 1. The Kier molecular flexibility index (Phi) is 6.56. The van der Waals surface area contributed by atoms with E-state index < -0.39 is 21.7 Å². The van der Waals surface area contributed by atoms with Gasteiger partial charge in [-0.05, 0) is 58.9 Å². The highest BCUT2D eigenvalue weighted by Crippen LogP contribution is 2.23. The van der Waals surface area contributed by atoms with E-state index in [2.05, 4.69) is 30.0 Å². The van der Waals surface area contributed by atoms with Crippen LogP contribution in [0.15, 0.2) is 41.7 Å². The second kappa shape index (κ2) is 9.28. The summed E-state index contributed by atoms with van der Waals surface area (Å²) in [5.74, 6) is 0.124. The second-order valence-corrected chi connectivity index (χ2v) is 11.1. The Labute approximate surface area is 198 Å². The monoisotopic (exact) mass is 487 g/mol. The van der Waals surface area contributed by atoms with Crippen LogP contribution in [0.5, 0.6) is 0 Å². The largest absolute Gasteiger partial charge is 0.446 e. The maximum absolute atomic E-state index is 12.7. The molecule has 2 N–H and O–H groups in total. The summed E-state index contributed by atoms with van der Waals surface area (Å²) in [5.41, 5.74) is 1.19. The molecule has 4 rings (SSSR count). The van der Waals surface area contributed by atoms with Crippen molar-refractivity contribution in [3.8, 4) is 11.1 Å². The molecule has 0 atom stereocenters. The first-order valence-electron chi connectivity index (χ1n) is 11.0. The summed E-state index contributed by atoms with van der Waals surface area (Å²) in [7, 11) is -1.69. The average molecular weight is 488 g/mol. The maximum Gasteiger partial charge on any atom is 0.414 e. The first kappa shape index (κ1) is 24.0. The number of hydrogen-bond acceptors (Lipinski definition) is 8. The number of carbonyl (C=O) groups excluding carboxylic acids is 1. The van der Waals surface area contributed by atoms with Crippen LogP contribution in [0.25, 0.3) is 16.8 Å². The lowest BCUT2D eigenvalue weighted by molar-refractivity contribution is 0.0660. The van der Waals surface area contributed by atoms with Gasteiger partial charge in [0.2, 0.25) is 10.0 Å². The predicted molar refractivity (Wildman–Crippen MR) is 127 cm³/mol. The van der Waals surface area contributed by atoms with E-state index in [4.69, 9.17) is 4.74 Å². The zero-order valence-electron chi connectivity index (χ0n) is 19.6. The van der Waals surface area contributed by atoms with Gasteiger partial charge in [0.25, 0.3) is 5.95 Å². The van der Waals surface area contributed by atoms with E-state index in [1.54, 1.807) is 51.4 Å². The van der Waals surface area contributed by atoms with Crippen LogP contribution in [-0.4, -0.2) is 70.8 Å². The lowest BCUT2D eigenvalue weighted by atomic mass is 10.1. The predicted octanol–water partition coefficient (Wildman–Crippen LogP) is 2.51. The van der Waals surface area contributed by atoms with Crippen molar-refractivity contribution in [1.29, 1.82) is 0 Å². The molecule has 11 nitrogen and oxygen atoms in total. The molecule has 3 aromatic rings. The Bertz CT molecular complexity index is 1290. The number of hydrogen-bond donors (Lipinski definition) is 2. The summed E-state index contributed by atoms with van der Waals surface area (Å²) in [4.78, 5) is 22.9. The van der Waals surface area contributed by atoms with Gasteiger partial charge >= 0.3 is 6.09 Å². The number of nitrogens with one attached hydrogen (secondary N) is 2. The number of rotatable bonds is 5. The Morgan fingerprint density at radius 3 is 2.59 bits per heavy atom. The highest BCUT2D eigenvalue weighted by Gasteiger charge is 2.23. The van der Waals surface area contributed by atoms with E-state index in [0.29, 0.717) is 16.8 Å². The molecule has 1 saturated heterocycles. The molecular formula is C22H29N7O4S. The number of pyridine rings is 2. The van der Waals surface area contributed by atoms with Gasteiger partial charge in [-0.3, -0.25) is 10.3 Å². The van der Waals surface area contributed by atoms with Gasteiger partial charge in [0.1, 0.15) is 11.0 Å². The Morgan fingerprint density at radius 2 is 1.88 bits per heavy atom. The van der Waals surface area contributed by atoms with Gasteiger partial charge in [-0.1, -0.05) is 0 Å². The number of anilines is 1. The maximum atomic E-state index is 12.7. The van der Waals surface area contributed by atoms with Gasteiger partial charge in [0.05, 0.1) is 0 Å². The molecule has 1 fully saturated rings. The number of aromatic nitrogens is 4. The molecule has 0 spiro atoms. The van der Waals surface area contributed by atoms with Crippen LogP contribution in [0.2, 0.25) is 0 Å². The van der Waals surface area contributed by atoms with Crippen molar-refractivity contribution < 1.29 is 17.9 Å². The molecule has 34 heavy (non-hydrogen) atoms. The van der Waals surface area contributed by atoms with Gasteiger partial charge in [-0.15, -0.1) is 5.10 Å². The van der Waals surface area contributed by atoms with Crippen LogP contribution >= 0.6 is 0 Å². The molecule has 0 radical (unpaired) electrons. The van der Waals surface area contributed by atoms with Crippen molar-refractivity contribution in [2.24, 2.45) is 0 Å². The van der Waals surface area contributed by atoms with Crippen molar-refractivity contribution in [1.82, 2.24) is 29.2 Å². The standard InChI is InChI=1S/C22H29N7O4S/c1-22(2,3)27-34(31,32)18-11-16(12-23-13-18)15-5-6-19-24-20(26-29(19)14-15)25-21(30)33-17-7-9-28(4)10-8-17/h5-6,11-14,17,27H,7-10H2,1-4H3,(H,25,26,30). The van der Waals surface area contributed by atoms with E-state index >= 15 is 0 Å².